The fourth-order valence-corrected chi connectivity index (χ4v) is 2.36. The molecule has 3 aromatic rings. The third kappa shape index (κ3) is 5.24. The van der Waals surface area contributed by atoms with Crippen molar-refractivity contribution in [3.63, 3.8) is 0 Å². The van der Waals surface area contributed by atoms with E-state index >= 15 is 0 Å². The lowest BCUT2D eigenvalue weighted by Gasteiger charge is -2.14. The number of pyridine rings is 1. The molecular weight excluding hydrogens is 342 g/mol. The molecule has 138 valence electrons. The first-order chi connectivity index (χ1) is 13.1. The molecule has 0 aliphatic carbocycles. The first-order valence-electron chi connectivity index (χ1n) is 8.65. The molecule has 0 fully saturated rings. The van der Waals surface area contributed by atoms with Gasteiger partial charge in [-0.05, 0) is 49.7 Å². The third-order valence-corrected chi connectivity index (χ3v) is 3.59. The van der Waals surface area contributed by atoms with Gasteiger partial charge in [0.2, 0.25) is 0 Å². The van der Waals surface area contributed by atoms with E-state index in [2.05, 4.69) is 25.8 Å². The van der Waals surface area contributed by atoms with Crippen molar-refractivity contribution in [1.29, 1.82) is 0 Å². The predicted octanol–water partition coefficient (Wildman–Crippen LogP) is 3.33. The van der Waals surface area contributed by atoms with Crippen molar-refractivity contribution >= 4 is 17.4 Å². The summed E-state index contributed by atoms with van der Waals surface area (Å²) in [6.07, 6.45) is 3.45. The van der Waals surface area contributed by atoms with Crippen molar-refractivity contribution in [2.45, 2.75) is 26.5 Å². The molecule has 1 amide bonds. The Morgan fingerprint density at radius 2 is 1.93 bits per heavy atom. The normalized spacial score (nSPS) is 10.5. The number of anilines is 2. The molecule has 2 aromatic heterocycles. The summed E-state index contributed by atoms with van der Waals surface area (Å²) in [7, 11) is 0. The highest BCUT2D eigenvalue weighted by Crippen LogP contribution is 2.27. The van der Waals surface area contributed by atoms with E-state index in [-0.39, 0.29) is 17.7 Å². The molecule has 0 bridgehead atoms. The number of carbonyl (C=O) groups is 1. The molecule has 0 aliphatic rings. The van der Waals surface area contributed by atoms with Gasteiger partial charge in [0, 0.05) is 18.9 Å². The average molecular weight is 363 g/mol. The molecule has 3 rings (SSSR count). The molecule has 2 N–H and O–H groups in total. The van der Waals surface area contributed by atoms with E-state index in [9.17, 15) is 4.79 Å². The highest BCUT2D eigenvalue weighted by Gasteiger charge is 2.10. The van der Waals surface area contributed by atoms with Crippen LogP contribution in [0.2, 0.25) is 0 Å². The fraction of sp³-hybridized carbons (Fsp3) is 0.200. The van der Waals surface area contributed by atoms with E-state index < -0.39 is 0 Å². The summed E-state index contributed by atoms with van der Waals surface area (Å²) >= 11 is 0. The Balaban J connectivity index is 1.63. The van der Waals surface area contributed by atoms with Gasteiger partial charge in [-0.25, -0.2) is 0 Å². The summed E-state index contributed by atoms with van der Waals surface area (Å²) in [6, 6.07) is 14.6. The van der Waals surface area contributed by atoms with Gasteiger partial charge in [0.25, 0.3) is 5.91 Å². The molecular formula is C20H21N5O2. The summed E-state index contributed by atoms with van der Waals surface area (Å²) in [5.41, 5.74) is 1.95. The minimum Gasteiger partial charge on any atom is -0.489 e. The van der Waals surface area contributed by atoms with E-state index in [1.54, 1.807) is 24.5 Å². The number of para-hydroxylation sites is 2. The zero-order valence-corrected chi connectivity index (χ0v) is 15.2. The quantitative estimate of drug-likeness (QED) is 0.669. The zero-order valence-electron chi connectivity index (χ0n) is 15.2. The van der Waals surface area contributed by atoms with Gasteiger partial charge in [-0.2, -0.15) is 0 Å². The number of rotatable bonds is 7. The van der Waals surface area contributed by atoms with Crippen LogP contribution in [-0.2, 0) is 6.54 Å². The van der Waals surface area contributed by atoms with Gasteiger partial charge in [-0.15, -0.1) is 10.2 Å². The topological polar surface area (TPSA) is 89.0 Å². The maximum atomic E-state index is 12.2. The number of ether oxygens (including phenoxy) is 1. The fourth-order valence-electron chi connectivity index (χ4n) is 2.36. The maximum absolute atomic E-state index is 12.2. The second kappa shape index (κ2) is 8.75. The number of nitrogens with one attached hydrogen (secondary N) is 2. The molecule has 0 saturated carbocycles. The van der Waals surface area contributed by atoms with Crippen molar-refractivity contribution in [1.82, 2.24) is 20.5 Å². The van der Waals surface area contributed by atoms with Crippen molar-refractivity contribution in [3.05, 3.63) is 72.2 Å². The maximum Gasteiger partial charge on any atom is 0.272 e. The summed E-state index contributed by atoms with van der Waals surface area (Å²) < 4.78 is 5.77. The number of hydrogen-bond donors (Lipinski definition) is 2. The van der Waals surface area contributed by atoms with Crippen LogP contribution in [0.1, 0.15) is 29.9 Å². The smallest absolute Gasteiger partial charge is 0.272 e. The van der Waals surface area contributed by atoms with Crippen LogP contribution in [0.15, 0.2) is 60.9 Å². The van der Waals surface area contributed by atoms with Crippen molar-refractivity contribution in [2.75, 3.05) is 5.32 Å². The van der Waals surface area contributed by atoms with E-state index in [0.29, 0.717) is 12.4 Å². The van der Waals surface area contributed by atoms with Gasteiger partial charge in [0.1, 0.15) is 5.75 Å². The zero-order chi connectivity index (χ0) is 19.1. The molecule has 7 heteroatoms. The van der Waals surface area contributed by atoms with E-state index in [4.69, 9.17) is 4.74 Å². The molecule has 0 atom stereocenters. The molecule has 27 heavy (non-hydrogen) atoms. The second-order valence-corrected chi connectivity index (χ2v) is 6.14. The average Bonchev–Trinajstić information content (AvgIpc) is 2.69. The van der Waals surface area contributed by atoms with Crippen LogP contribution in [0, 0.1) is 0 Å². The highest BCUT2D eigenvalue weighted by molar-refractivity contribution is 5.92. The summed E-state index contributed by atoms with van der Waals surface area (Å²) in [5, 5.41) is 14.0. The number of aromatic nitrogens is 3. The Labute approximate surface area is 157 Å². The minimum atomic E-state index is -0.290. The number of nitrogens with zero attached hydrogens (tertiary/aromatic N) is 3. The second-order valence-electron chi connectivity index (χ2n) is 6.14. The number of hydrogen-bond acceptors (Lipinski definition) is 6. The summed E-state index contributed by atoms with van der Waals surface area (Å²) in [4.78, 5) is 16.2. The van der Waals surface area contributed by atoms with Crippen LogP contribution in [0.5, 0.6) is 5.75 Å². The van der Waals surface area contributed by atoms with Crippen LogP contribution in [0.3, 0.4) is 0 Å². The van der Waals surface area contributed by atoms with Crippen molar-refractivity contribution < 1.29 is 9.53 Å². The van der Waals surface area contributed by atoms with Crippen LogP contribution in [0.25, 0.3) is 0 Å². The molecule has 0 unspecified atom stereocenters. The largest absolute Gasteiger partial charge is 0.489 e. The molecule has 0 aliphatic heterocycles. The van der Waals surface area contributed by atoms with E-state index in [1.165, 1.54) is 0 Å². The number of amides is 1. The molecule has 0 spiro atoms. The minimum absolute atomic E-state index is 0.0601. The van der Waals surface area contributed by atoms with Gasteiger partial charge in [0.05, 0.1) is 11.8 Å². The molecule has 2 heterocycles. The monoisotopic (exact) mass is 363 g/mol. The van der Waals surface area contributed by atoms with Crippen molar-refractivity contribution in [3.8, 4) is 5.75 Å². The van der Waals surface area contributed by atoms with E-state index in [0.717, 1.165) is 17.0 Å². The standard InChI is InChI=1S/C20H21N5O2/c1-14(2)27-18-8-4-3-7-16(18)23-19-10-9-17(24-25-19)20(26)22-13-15-6-5-11-21-12-15/h3-12,14H,13H2,1-2H3,(H,22,26)(H,23,25). The van der Waals surface area contributed by atoms with Gasteiger partial charge >= 0.3 is 0 Å². The Kier molecular flexibility index (Phi) is 5.94. The predicted molar refractivity (Wildman–Crippen MR) is 103 cm³/mol. The molecule has 0 saturated heterocycles. The molecule has 1 aromatic carbocycles. The SMILES string of the molecule is CC(C)Oc1ccccc1Nc1ccc(C(=O)NCc2cccnc2)nn1. The van der Waals surface area contributed by atoms with Gasteiger partial charge < -0.3 is 15.4 Å². The van der Waals surface area contributed by atoms with E-state index in [1.807, 2.05) is 50.2 Å². The summed E-state index contributed by atoms with van der Waals surface area (Å²) in [5.74, 6) is 0.965. The highest BCUT2D eigenvalue weighted by atomic mass is 16.5. The lowest BCUT2D eigenvalue weighted by molar-refractivity contribution is 0.0945. The van der Waals surface area contributed by atoms with Crippen molar-refractivity contribution in [2.24, 2.45) is 0 Å². The Morgan fingerprint density at radius 3 is 2.63 bits per heavy atom. The Bertz CT molecular complexity index is 882. The lowest BCUT2D eigenvalue weighted by Crippen LogP contribution is -2.24. The van der Waals surface area contributed by atoms with Gasteiger partial charge in [-0.3, -0.25) is 9.78 Å². The number of benzene rings is 1. The first-order valence-corrected chi connectivity index (χ1v) is 8.65. The van der Waals surface area contributed by atoms with Crippen LogP contribution < -0.4 is 15.4 Å². The van der Waals surface area contributed by atoms with Crippen LogP contribution in [-0.4, -0.2) is 27.2 Å². The van der Waals surface area contributed by atoms with Crippen LogP contribution >= 0.6 is 0 Å². The third-order valence-electron chi connectivity index (χ3n) is 3.59. The molecule has 0 radical (unpaired) electrons. The van der Waals surface area contributed by atoms with Gasteiger partial charge in [-0.1, -0.05) is 18.2 Å². The molecule has 7 nitrogen and oxygen atoms in total. The van der Waals surface area contributed by atoms with Gasteiger partial charge in [0.15, 0.2) is 11.5 Å². The lowest BCUT2D eigenvalue weighted by atomic mass is 10.2. The Morgan fingerprint density at radius 1 is 1.07 bits per heavy atom. The van der Waals surface area contributed by atoms with Crippen LogP contribution in [0.4, 0.5) is 11.5 Å². The first kappa shape index (κ1) is 18.3. The summed E-state index contributed by atoms with van der Waals surface area (Å²) in [6.45, 7) is 4.32. The number of carbonyl (C=O) groups excluding carboxylic acids is 1. The Hall–Kier alpha value is -3.48.